The topological polar surface area (TPSA) is 83.6 Å². The van der Waals surface area contributed by atoms with Gasteiger partial charge in [0, 0.05) is 11.6 Å². The van der Waals surface area contributed by atoms with Crippen molar-refractivity contribution in [2.75, 3.05) is 21.8 Å². The summed E-state index contributed by atoms with van der Waals surface area (Å²) >= 11 is 6.02. The first-order valence-corrected chi connectivity index (χ1v) is 11.7. The van der Waals surface area contributed by atoms with Gasteiger partial charge in [0.2, 0.25) is 10.0 Å². The molecule has 0 amide bonds. The molecule has 2 aromatic carbocycles. The molecule has 9 heteroatoms. The number of fused-ring (bicyclic) bond motifs is 1. The van der Waals surface area contributed by atoms with Crippen LogP contribution < -0.4 is 9.03 Å². The van der Waals surface area contributed by atoms with Crippen molar-refractivity contribution in [2.24, 2.45) is 0 Å². The maximum atomic E-state index is 12.7. The first-order chi connectivity index (χ1) is 12.1. The molecule has 1 aliphatic rings. The monoisotopic (exact) mass is 414 g/mol. The van der Waals surface area contributed by atoms with E-state index < -0.39 is 20.0 Å². The molecule has 0 saturated carbocycles. The molecule has 0 radical (unpaired) electrons. The molecule has 0 aromatic heterocycles. The number of nitrogens with zero attached hydrogens (tertiary/aromatic N) is 1. The molecule has 0 saturated heterocycles. The summed E-state index contributed by atoms with van der Waals surface area (Å²) in [7, 11) is -7.27. The Kier molecular flexibility index (Phi) is 4.94. The zero-order valence-electron chi connectivity index (χ0n) is 14.4. The van der Waals surface area contributed by atoms with Gasteiger partial charge in [-0.05, 0) is 55.2 Å². The number of benzene rings is 2. The third-order valence-corrected chi connectivity index (χ3v) is 7.44. The first-order valence-electron chi connectivity index (χ1n) is 7.98. The lowest BCUT2D eigenvalue weighted by Crippen LogP contribution is -2.34. The molecule has 1 aliphatic heterocycles. The van der Waals surface area contributed by atoms with Crippen molar-refractivity contribution < 1.29 is 16.8 Å². The fourth-order valence-corrected chi connectivity index (χ4v) is 5.57. The standard InChI is InChI=1S/C17H19ClN2O4S2/c1-12-15(18)6-3-7-17(12)26(23,24)19-14-9-8-13-5-4-10-20(16(13)11-14)25(2,21)22/h3,6-9,11,19H,4-5,10H2,1-2H3. The number of rotatable bonds is 4. The number of halogens is 1. The predicted molar refractivity (Wildman–Crippen MR) is 104 cm³/mol. The normalized spacial score (nSPS) is 14.8. The molecule has 2 aromatic rings. The van der Waals surface area contributed by atoms with Crippen molar-refractivity contribution in [2.45, 2.75) is 24.7 Å². The molecule has 0 spiro atoms. The van der Waals surface area contributed by atoms with Gasteiger partial charge in [-0.15, -0.1) is 0 Å². The molecular formula is C17H19ClN2O4S2. The average Bonchev–Trinajstić information content (AvgIpc) is 2.55. The second-order valence-electron chi connectivity index (χ2n) is 6.25. The van der Waals surface area contributed by atoms with Crippen molar-refractivity contribution in [1.82, 2.24) is 0 Å². The number of nitrogens with one attached hydrogen (secondary N) is 1. The summed E-state index contributed by atoms with van der Waals surface area (Å²) in [6.07, 6.45) is 2.63. The Bertz CT molecular complexity index is 1070. The predicted octanol–water partition coefficient (Wildman–Crippen LogP) is 3.16. The summed E-state index contributed by atoms with van der Waals surface area (Å²) in [4.78, 5) is 0.0858. The van der Waals surface area contributed by atoms with Crippen LogP contribution in [0.4, 0.5) is 11.4 Å². The highest BCUT2D eigenvalue weighted by Crippen LogP contribution is 2.33. The Morgan fingerprint density at radius 2 is 1.85 bits per heavy atom. The second-order valence-corrected chi connectivity index (χ2v) is 10.2. The van der Waals surface area contributed by atoms with Gasteiger partial charge in [-0.1, -0.05) is 23.7 Å². The van der Waals surface area contributed by atoms with Gasteiger partial charge in [0.1, 0.15) is 0 Å². The first kappa shape index (κ1) is 19.0. The van der Waals surface area contributed by atoms with Crippen molar-refractivity contribution >= 4 is 43.0 Å². The van der Waals surface area contributed by atoms with Crippen LogP contribution in [0.1, 0.15) is 17.5 Å². The molecular weight excluding hydrogens is 396 g/mol. The molecule has 3 rings (SSSR count). The van der Waals surface area contributed by atoms with Crippen molar-refractivity contribution in [1.29, 1.82) is 0 Å². The third kappa shape index (κ3) is 3.67. The molecule has 6 nitrogen and oxygen atoms in total. The molecule has 0 aliphatic carbocycles. The lowest BCUT2D eigenvalue weighted by molar-refractivity contribution is 0.592. The molecule has 1 N–H and O–H groups in total. The minimum atomic E-state index is -3.85. The lowest BCUT2D eigenvalue weighted by Gasteiger charge is -2.29. The van der Waals surface area contributed by atoms with Crippen LogP contribution in [0.5, 0.6) is 0 Å². The van der Waals surface area contributed by atoms with Gasteiger partial charge < -0.3 is 0 Å². The van der Waals surface area contributed by atoms with Gasteiger partial charge in [0.15, 0.2) is 0 Å². The molecule has 0 bridgehead atoms. The van der Waals surface area contributed by atoms with Crippen molar-refractivity contribution in [3.63, 3.8) is 0 Å². The Balaban J connectivity index is 2.00. The number of aryl methyl sites for hydroxylation is 1. The summed E-state index contributed by atoms with van der Waals surface area (Å²) in [5, 5.41) is 0.363. The second kappa shape index (κ2) is 6.75. The minimum absolute atomic E-state index is 0.0858. The van der Waals surface area contributed by atoms with E-state index in [4.69, 9.17) is 11.6 Å². The van der Waals surface area contributed by atoms with E-state index in [1.54, 1.807) is 37.3 Å². The SMILES string of the molecule is Cc1c(Cl)cccc1S(=O)(=O)Nc1ccc2c(c1)N(S(C)(=O)=O)CCC2. The summed E-state index contributed by atoms with van der Waals surface area (Å²) in [5.41, 5.74) is 2.15. The van der Waals surface area contributed by atoms with Gasteiger partial charge in [0.25, 0.3) is 10.0 Å². The number of anilines is 2. The zero-order valence-corrected chi connectivity index (χ0v) is 16.7. The molecule has 0 fully saturated rings. The molecule has 26 heavy (non-hydrogen) atoms. The van der Waals surface area contributed by atoms with E-state index in [1.807, 2.05) is 0 Å². The fraction of sp³-hybridized carbons (Fsp3) is 0.294. The number of hydrogen-bond acceptors (Lipinski definition) is 4. The van der Waals surface area contributed by atoms with Crippen LogP contribution in [-0.4, -0.2) is 29.6 Å². The van der Waals surface area contributed by atoms with E-state index >= 15 is 0 Å². The third-order valence-electron chi connectivity index (χ3n) is 4.32. The van der Waals surface area contributed by atoms with E-state index in [0.717, 1.165) is 24.7 Å². The van der Waals surface area contributed by atoms with Gasteiger partial charge in [-0.25, -0.2) is 16.8 Å². The molecule has 0 atom stereocenters. The van der Waals surface area contributed by atoms with Crippen LogP contribution in [0.2, 0.25) is 5.02 Å². The maximum Gasteiger partial charge on any atom is 0.262 e. The zero-order chi connectivity index (χ0) is 19.1. The number of sulfonamides is 2. The maximum absolute atomic E-state index is 12.7. The Morgan fingerprint density at radius 3 is 2.54 bits per heavy atom. The quantitative estimate of drug-likeness (QED) is 0.832. The minimum Gasteiger partial charge on any atom is -0.280 e. The molecule has 140 valence electrons. The molecule has 0 unspecified atom stereocenters. The van der Waals surface area contributed by atoms with Crippen LogP contribution in [0.15, 0.2) is 41.3 Å². The largest absolute Gasteiger partial charge is 0.280 e. The Morgan fingerprint density at radius 1 is 1.12 bits per heavy atom. The van der Waals surface area contributed by atoms with Gasteiger partial charge in [0.05, 0.1) is 22.5 Å². The van der Waals surface area contributed by atoms with Crippen molar-refractivity contribution in [3.8, 4) is 0 Å². The van der Waals surface area contributed by atoms with Crippen LogP contribution in [-0.2, 0) is 26.5 Å². The highest BCUT2D eigenvalue weighted by atomic mass is 35.5. The smallest absolute Gasteiger partial charge is 0.262 e. The van der Waals surface area contributed by atoms with Crippen LogP contribution in [0.3, 0.4) is 0 Å². The van der Waals surface area contributed by atoms with E-state index in [0.29, 0.717) is 28.5 Å². The van der Waals surface area contributed by atoms with Gasteiger partial charge in [-0.2, -0.15) is 0 Å². The van der Waals surface area contributed by atoms with Crippen molar-refractivity contribution in [3.05, 3.63) is 52.5 Å². The van der Waals surface area contributed by atoms with Crippen LogP contribution >= 0.6 is 11.6 Å². The van der Waals surface area contributed by atoms with Crippen LogP contribution in [0.25, 0.3) is 0 Å². The summed E-state index contributed by atoms with van der Waals surface area (Å²) in [5.74, 6) is 0. The molecule has 1 heterocycles. The van der Waals surface area contributed by atoms with E-state index in [1.165, 1.54) is 10.4 Å². The Labute approximate surface area is 158 Å². The number of hydrogen-bond donors (Lipinski definition) is 1. The summed E-state index contributed by atoms with van der Waals surface area (Å²) in [6.45, 7) is 2.02. The van der Waals surface area contributed by atoms with E-state index in [2.05, 4.69) is 4.72 Å². The Hall–Kier alpha value is -1.77. The van der Waals surface area contributed by atoms with Crippen LogP contribution in [0, 0.1) is 6.92 Å². The lowest BCUT2D eigenvalue weighted by atomic mass is 10.0. The fourth-order valence-electron chi connectivity index (χ4n) is 3.04. The van der Waals surface area contributed by atoms with E-state index in [9.17, 15) is 16.8 Å². The van der Waals surface area contributed by atoms with Gasteiger partial charge >= 0.3 is 0 Å². The summed E-state index contributed by atoms with van der Waals surface area (Å²) < 4.78 is 53.3. The van der Waals surface area contributed by atoms with E-state index in [-0.39, 0.29) is 4.90 Å². The highest BCUT2D eigenvalue weighted by molar-refractivity contribution is 7.93. The average molecular weight is 415 g/mol. The highest BCUT2D eigenvalue weighted by Gasteiger charge is 2.25. The summed E-state index contributed by atoms with van der Waals surface area (Å²) in [6, 6.07) is 9.63. The van der Waals surface area contributed by atoms with Gasteiger partial charge in [-0.3, -0.25) is 9.03 Å².